The predicted octanol–water partition coefficient (Wildman–Crippen LogP) is 6.87. The number of hydrogen-bond donors (Lipinski definition) is 1. The molecule has 1 heterocycles. The van der Waals surface area contributed by atoms with Crippen molar-refractivity contribution in [1.29, 1.82) is 0 Å². The molecule has 0 radical (unpaired) electrons. The second kappa shape index (κ2) is 14.7. The van der Waals surface area contributed by atoms with E-state index in [9.17, 15) is 46.0 Å². The summed E-state index contributed by atoms with van der Waals surface area (Å²) in [6, 6.07) is 8.14. The van der Waals surface area contributed by atoms with Crippen molar-refractivity contribution in [1.82, 2.24) is 4.98 Å². The number of nitrogens with one attached hydrogen (secondary N) is 1. The summed E-state index contributed by atoms with van der Waals surface area (Å²) in [4.78, 5) is 38.2. The molecular formula is C28H33F6N3O7. The van der Waals surface area contributed by atoms with Gasteiger partial charge in [0.05, 0.1) is 25.2 Å². The first-order valence-corrected chi connectivity index (χ1v) is 13.4. The SMILES string of the molecule is CCOC(=O)C(CCCC(C)(C)CCNc1nc(C(=O)OC)c([N+](=O)[O-])cc1C(F)(F)F)(OCc1ccccc1)C(F)(F)F. The Kier molecular flexibility index (Phi) is 12.1. The zero-order valence-electron chi connectivity index (χ0n) is 24.4. The quantitative estimate of drug-likeness (QED) is 0.0962. The largest absolute Gasteiger partial charge is 0.464 e. The molecule has 2 aromatic rings. The van der Waals surface area contributed by atoms with Crippen molar-refractivity contribution in [3.8, 4) is 0 Å². The van der Waals surface area contributed by atoms with E-state index in [1.54, 1.807) is 44.2 Å². The van der Waals surface area contributed by atoms with E-state index in [0.29, 0.717) is 5.56 Å². The highest BCUT2D eigenvalue weighted by Crippen LogP contribution is 2.42. The van der Waals surface area contributed by atoms with Crippen LogP contribution in [-0.2, 0) is 31.8 Å². The molecule has 2 rings (SSSR count). The van der Waals surface area contributed by atoms with Crippen LogP contribution in [-0.4, -0.2) is 53.9 Å². The maximum absolute atomic E-state index is 14.4. The van der Waals surface area contributed by atoms with Gasteiger partial charge in [-0.2, -0.15) is 26.3 Å². The van der Waals surface area contributed by atoms with Crippen molar-refractivity contribution in [2.24, 2.45) is 5.41 Å². The fraction of sp³-hybridized carbons (Fsp3) is 0.536. The number of carbonyl (C=O) groups excluding carboxylic acids is 2. The smallest absolute Gasteiger partial charge is 0.428 e. The molecule has 1 atom stereocenters. The molecule has 0 aliphatic heterocycles. The van der Waals surface area contributed by atoms with Crippen molar-refractivity contribution < 1.29 is 55.1 Å². The standard InChI is InChI=1S/C28H33F6N3O7/c1-5-43-24(39)26(28(32,33)34,44-17-18-10-7-6-8-11-18)13-9-12-25(2,3)14-15-35-22-19(27(29,30)31)16-20(37(40)41)21(36-22)23(38)42-4/h6-8,10-11,16H,5,9,12-15,17H2,1-4H3,(H,35,36). The molecular weight excluding hydrogens is 604 g/mol. The summed E-state index contributed by atoms with van der Waals surface area (Å²) in [5, 5.41) is 13.7. The summed E-state index contributed by atoms with van der Waals surface area (Å²) in [6.07, 6.45) is -10.9. The number of ether oxygens (including phenoxy) is 3. The molecule has 1 unspecified atom stereocenters. The summed E-state index contributed by atoms with van der Waals surface area (Å²) < 4.78 is 98.6. The monoisotopic (exact) mass is 637 g/mol. The maximum Gasteiger partial charge on any atom is 0.428 e. The van der Waals surface area contributed by atoms with Gasteiger partial charge in [0, 0.05) is 12.6 Å². The summed E-state index contributed by atoms with van der Waals surface area (Å²) in [5.74, 6) is -3.75. The Labute approximate surface area is 249 Å². The van der Waals surface area contributed by atoms with Gasteiger partial charge < -0.3 is 19.5 Å². The van der Waals surface area contributed by atoms with Crippen molar-refractivity contribution in [3.05, 3.63) is 63.3 Å². The molecule has 0 saturated heterocycles. The zero-order chi connectivity index (χ0) is 33.3. The fourth-order valence-corrected chi connectivity index (χ4v) is 4.30. The lowest BCUT2D eigenvalue weighted by molar-refractivity contribution is -0.385. The van der Waals surface area contributed by atoms with E-state index in [0.717, 1.165) is 7.11 Å². The Bertz CT molecular complexity index is 1300. The molecule has 1 N–H and O–H groups in total. The third-order valence-corrected chi connectivity index (χ3v) is 6.75. The number of benzene rings is 1. The number of hydrogen-bond acceptors (Lipinski definition) is 9. The number of methoxy groups -OCH3 is 1. The number of esters is 2. The summed E-state index contributed by atoms with van der Waals surface area (Å²) in [5.41, 5.74) is -7.24. The van der Waals surface area contributed by atoms with Crippen LogP contribution in [0.4, 0.5) is 37.8 Å². The molecule has 16 heteroatoms. The van der Waals surface area contributed by atoms with E-state index in [2.05, 4.69) is 15.0 Å². The number of aromatic nitrogens is 1. The lowest BCUT2D eigenvalue weighted by Crippen LogP contribution is -2.55. The van der Waals surface area contributed by atoms with Gasteiger partial charge in [0.1, 0.15) is 11.4 Å². The molecule has 1 aromatic carbocycles. The number of halogens is 6. The molecule has 244 valence electrons. The molecule has 10 nitrogen and oxygen atoms in total. The van der Waals surface area contributed by atoms with Crippen LogP contribution >= 0.6 is 0 Å². The minimum atomic E-state index is -5.12. The molecule has 0 amide bonds. The van der Waals surface area contributed by atoms with Gasteiger partial charge in [-0.25, -0.2) is 14.6 Å². The van der Waals surface area contributed by atoms with Gasteiger partial charge in [-0.05, 0) is 43.6 Å². The van der Waals surface area contributed by atoms with Gasteiger partial charge in [-0.1, -0.05) is 44.2 Å². The molecule has 0 aliphatic rings. The zero-order valence-corrected chi connectivity index (χ0v) is 24.4. The minimum absolute atomic E-state index is 0.0911. The molecule has 44 heavy (non-hydrogen) atoms. The molecule has 0 bridgehead atoms. The number of nitro groups is 1. The number of nitrogens with zero attached hydrogens (tertiary/aromatic N) is 2. The third-order valence-electron chi connectivity index (χ3n) is 6.75. The van der Waals surface area contributed by atoms with Gasteiger partial charge in [-0.3, -0.25) is 10.1 Å². The topological polar surface area (TPSA) is 130 Å². The van der Waals surface area contributed by atoms with Gasteiger partial charge in [-0.15, -0.1) is 0 Å². The Hall–Kier alpha value is -3.95. The number of alkyl halides is 6. The molecule has 0 saturated carbocycles. The number of carbonyl (C=O) groups is 2. The normalized spacial score (nSPS) is 13.6. The van der Waals surface area contributed by atoms with Gasteiger partial charge in [0.15, 0.2) is 0 Å². The van der Waals surface area contributed by atoms with Gasteiger partial charge in [0.25, 0.3) is 5.60 Å². The van der Waals surface area contributed by atoms with E-state index in [1.807, 2.05) is 0 Å². The van der Waals surface area contributed by atoms with Crippen LogP contribution in [0.3, 0.4) is 0 Å². The summed E-state index contributed by atoms with van der Waals surface area (Å²) >= 11 is 0. The van der Waals surface area contributed by atoms with Crippen LogP contribution in [0.2, 0.25) is 0 Å². The third kappa shape index (κ3) is 9.27. The Morgan fingerprint density at radius 1 is 1.02 bits per heavy atom. The maximum atomic E-state index is 14.4. The average Bonchev–Trinajstić information content (AvgIpc) is 2.93. The highest BCUT2D eigenvalue weighted by Gasteiger charge is 2.62. The van der Waals surface area contributed by atoms with Crippen molar-refractivity contribution in [2.45, 2.75) is 71.0 Å². The van der Waals surface area contributed by atoms with E-state index < -0.39 is 76.0 Å². The summed E-state index contributed by atoms with van der Waals surface area (Å²) in [7, 11) is 0.878. The fourth-order valence-electron chi connectivity index (χ4n) is 4.30. The second-order valence-corrected chi connectivity index (χ2v) is 10.5. The lowest BCUT2D eigenvalue weighted by Gasteiger charge is -2.34. The van der Waals surface area contributed by atoms with Gasteiger partial charge >= 0.3 is 30.0 Å². The number of pyridine rings is 1. The second-order valence-electron chi connectivity index (χ2n) is 10.5. The minimum Gasteiger partial charge on any atom is -0.464 e. The Morgan fingerprint density at radius 3 is 2.18 bits per heavy atom. The molecule has 1 aromatic heterocycles. The number of rotatable bonds is 15. The van der Waals surface area contributed by atoms with Crippen LogP contribution < -0.4 is 5.32 Å². The molecule has 0 aliphatic carbocycles. The Balaban J connectivity index is 2.21. The van der Waals surface area contributed by atoms with Crippen LogP contribution in [0.15, 0.2) is 36.4 Å². The van der Waals surface area contributed by atoms with E-state index in [-0.39, 0.29) is 38.5 Å². The van der Waals surface area contributed by atoms with Crippen LogP contribution in [0, 0.1) is 15.5 Å². The highest BCUT2D eigenvalue weighted by atomic mass is 19.4. The van der Waals surface area contributed by atoms with Crippen molar-refractivity contribution >= 4 is 23.4 Å². The molecule has 0 spiro atoms. The van der Waals surface area contributed by atoms with Crippen molar-refractivity contribution in [3.63, 3.8) is 0 Å². The lowest BCUT2D eigenvalue weighted by atomic mass is 9.82. The Morgan fingerprint density at radius 2 is 1.66 bits per heavy atom. The van der Waals surface area contributed by atoms with Crippen LogP contribution in [0.25, 0.3) is 0 Å². The van der Waals surface area contributed by atoms with E-state index >= 15 is 0 Å². The van der Waals surface area contributed by atoms with Gasteiger partial charge in [0.2, 0.25) is 5.69 Å². The van der Waals surface area contributed by atoms with E-state index in [4.69, 9.17) is 9.47 Å². The first-order valence-electron chi connectivity index (χ1n) is 13.4. The number of anilines is 1. The predicted molar refractivity (Wildman–Crippen MR) is 145 cm³/mol. The highest BCUT2D eigenvalue weighted by molar-refractivity contribution is 5.92. The van der Waals surface area contributed by atoms with E-state index in [1.165, 1.54) is 6.92 Å². The van der Waals surface area contributed by atoms with Crippen LogP contribution in [0.5, 0.6) is 0 Å². The van der Waals surface area contributed by atoms with Crippen LogP contribution in [0.1, 0.15) is 68.1 Å². The summed E-state index contributed by atoms with van der Waals surface area (Å²) in [6.45, 7) is 3.67. The molecule has 0 fully saturated rings. The first kappa shape index (κ1) is 36.2. The first-order chi connectivity index (χ1) is 20.4. The van der Waals surface area contributed by atoms with Crippen molar-refractivity contribution in [2.75, 3.05) is 25.6 Å². The average molecular weight is 638 g/mol.